The minimum Gasteiger partial charge on any atom is -0.462 e. The Hall–Kier alpha value is -0.790. The van der Waals surface area contributed by atoms with Crippen molar-refractivity contribution in [1.82, 2.24) is 0 Å². The Morgan fingerprint density at radius 1 is 0.853 bits per heavy atom. The molecule has 5 rings (SSSR count). The summed E-state index contributed by atoms with van der Waals surface area (Å²) in [5.74, 6) is 3.72. The van der Waals surface area contributed by atoms with Crippen molar-refractivity contribution in [3.8, 4) is 0 Å². The zero-order valence-electron chi connectivity index (χ0n) is 23.7. The predicted molar refractivity (Wildman–Crippen MR) is 140 cm³/mol. The molecule has 0 spiro atoms. The Morgan fingerprint density at radius 2 is 1.53 bits per heavy atom. The Kier molecular flexibility index (Phi) is 5.57. The van der Waals surface area contributed by atoms with Crippen LogP contribution in [-0.2, 0) is 9.53 Å². The van der Waals surface area contributed by atoms with Gasteiger partial charge in [0.1, 0.15) is 6.10 Å². The van der Waals surface area contributed by atoms with E-state index in [1.807, 2.05) is 5.57 Å². The van der Waals surface area contributed by atoms with Gasteiger partial charge in [-0.05, 0) is 109 Å². The highest BCUT2D eigenvalue weighted by molar-refractivity contribution is 5.66. The molecule has 4 fully saturated rings. The van der Waals surface area contributed by atoms with Gasteiger partial charge in [-0.3, -0.25) is 4.79 Å². The van der Waals surface area contributed by atoms with Crippen LogP contribution in [0.2, 0.25) is 0 Å². The van der Waals surface area contributed by atoms with Crippen molar-refractivity contribution in [3.63, 3.8) is 0 Å². The number of hydrogen-bond donors (Lipinski definition) is 0. The molecule has 0 amide bonds. The molecule has 0 aromatic carbocycles. The van der Waals surface area contributed by atoms with Crippen molar-refractivity contribution in [2.75, 3.05) is 0 Å². The van der Waals surface area contributed by atoms with Gasteiger partial charge < -0.3 is 4.74 Å². The first-order valence-corrected chi connectivity index (χ1v) is 14.6. The van der Waals surface area contributed by atoms with Gasteiger partial charge in [-0.2, -0.15) is 0 Å². The third kappa shape index (κ3) is 3.01. The fourth-order valence-corrected chi connectivity index (χ4v) is 11.7. The van der Waals surface area contributed by atoms with E-state index in [0.29, 0.717) is 27.6 Å². The largest absolute Gasteiger partial charge is 0.462 e. The molecule has 5 aliphatic rings. The molecule has 2 nitrogen and oxygen atoms in total. The summed E-state index contributed by atoms with van der Waals surface area (Å²) in [6.07, 6.45) is 14.6. The lowest BCUT2D eigenvalue weighted by molar-refractivity contribution is -0.238. The first kappa shape index (κ1) is 24.9. The minimum absolute atomic E-state index is 0.0549. The molecule has 4 saturated carbocycles. The summed E-state index contributed by atoms with van der Waals surface area (Å²) < 4.78 is 5.91. The molecule has 0 heterocycles. The summed E-state index contributed by atoms with van der Waals surface area (Å²) >= 11 is 0. The third-order valence-electron chi connectivity index (χ3n) is 13.5. The van der Waals surface area contributed by atoms with Crippen molar-refractivity contribution in [3.05, 3.63) is 11.6 Å². The number of hydrogen-bond acceptors (Lipinski definition) is 2. The van der Waals surface area contributed by atoms with Crippen molar-refractivity contribution < 1.29 is 9.53 Å². The van der Waals surface area contributed by atoms with Gasteiger partial charge in [0.2, 0.25) is 0 Å². The summed E-state index contributed by atoms with van der Waals surface area (Å²) in [6.45, 7) is 22.0. The fraction of sp³-hybridized carbons (Fsp3) is 0.906. The summed E-state index contributed by atoms with van der Waals surface area (Å²) in [5, 5.41) is 0. The molecule has 0 aliphatic heterocycles. The zero-order valence-corrected chi connectivity index (χ0v) is 23.7. The van der Waals surface area contributed by atoms with Crippen LogP contribution in [0.15, 0.2) is 11.6 Å². The number of esters is 1. The van der Waals surface area contributed by atoms with E-state index in [1.54, 1.807) is 6.92 Å². The van der Waals surface area contributed by atoms with Gasteiger partial charge in [0.25, 0.3) is 0 Å². The van der Waals surface area contributed by atoms with E-state index < -0.39 is 0 Å². The molecular formula is C32H52O2. The zero-order chi connectivity index (χ0) is 24.9. The van der Waals surface area contributed by atoms with Gasteiger partial charge in [0.15, 0.2) is 0 Å². The summed E-state index contributed by atoms with van der Waals surface area (Å²) in [5.41, 5.74) is 3.45. The molecule has 192 valence electrons. The van der Waals surface area contributed by atoms with Crippen molar-refractivity contribution in [1.29, 1.82) is 0 Å². The maximum absolute atomic E-state index is 11.9. The van der Waals surface area contributed by atoms with E-state index in [1.165, 1.54) is 51.4 Å². The highest BCUT2D eigenvalue weighted by atomic mass is 16.5. The van der Waals surface area contributed by atoms with E-state index in [0.717, 1.165) is 30.1 Å². The lowest BCUT2D eigenvalue weighted by atomic mass is 9.32. The van der Waals surface area contributed by atoms with Crippen LogP contribution in [0.5, 0.6) is 0 Å². The number of carbonyl (C=O) groups excluding carboxylic acids is 1. The highest BCUT2D eigenvalue weighted by Crippen LogP contribution is 2.77. The maximum atomic E-state index is 11.9. The first-order valence-electron chi connectivity index (χ1n) is 14.6. The first-order chi connectivity index (χ1) is 15.7. The maximum Gasteiger partial charge on any atom is 0.302 e. The molecule has 0 aromatic rings. The molecule has 34 heavy (non-hydrogen) atoms. The quantitative estimate of drug-likeness (QED) is 0.299. The van der Waals surface area contributed by atoms with Crippen LogP contribution >= 0.6 is 0 Å². The molecule has 5 aliphatic carbocycles. The molecule has 0 unspecified atom stereocenters. The van der Waals surface area contributed by atoms with Crippen LogP contribution in [0.4, 0.5) is 0 Å². The Morgan fingerprint density at radius 3 is 2.18 bits per heavy atom. The lowest BCUT2D eigenvalue weighted by Gasteiger charge is -2.72. The standard InChI is InChI=1S/C32H52O2/c1-20(2)22-12-16-29(6)23(22)13-18-31(8)25(29)10-11-26-30(7)17-15-27(34-21(3)33)28(4,5)24(30)14-19-32(26,31)9/h13,20,22,24-27H,10-12,14-19H2,1-9H3/t22-,24+,25-,26-,27+,29+,30+,31-,32-/m1/s1. The lowest BCUT2D eigenvalue weighted by Crippen LogP contribution is -2.66. The normalized spacial score (nSPS) is 51.6. The second kappa shape index (κ2) is 7.61. The third-order valence-corrected chi connectivity index (χ3v) is 13.5. The topological polar surface area (TPSA) is 26.3 Å². The van der Waals surface area contributed by atoms with Crippen molar-refractivity contribution in [2.24, 2.45) is 56.7 Å². The molecule has 2 heteroatoms. The smallest absolute Gasteiger partial charge is 0.302 e. The summed E-state index contributed by atoms with van der Waals surface area (Å²) in [6, 6.07) is 0. The van der Waals surface area contributed by atoms with E-state index in [9.17, 15) is 4.79 Å². The molecule has 0 aromatic heterocycles. The second-order valence-electron chi connectivity index (χ2n) is 15.2. The van der Waals surface area contributed by atoms with Crippen molar-refractivity contribution >= 4 is 5.97 Å². The molecular weight excluding hydrogens is 416 g/mol. The number of carbonyl (C=O) groups is 1. The number of rotatable bonds is 2. The summed E-state index contributed by atoms with van der Waals surface area (Å²) in [7, 11) is 0. The Bertz CT molecular complexity index is 883. The number of ether oxygens (including phenoxy) is 1. The molecule has 0 N–H and O–H groups in total. The SMILES string of the molecule is CC(=O)O[C@H]1CC[C@]2(C)[C@H]3CC[C@@H]4[C@@]5(C)CC[C@H](C(C)C)C5=CC[C@@]4(C)[C@]3(C)CC[C@H]2C1(C)C. The fourth-order valence-electron chi connectivity index (χ4n) is 11.7. The number of allylic oxidation sites excluding steroid dienone is 2. The molecule has 0 radical (unpaired) electrons. The number of fused-ring (bicyclic) bond motifs is 7. The minimum atomic E-state index is -0.107. The monoisotopic (exact) mass is 468 g/mol. The van der Waals surface area contributed by atoms with Crippen LogP contribution in [0.25, 0.3) is 0 Å². The van der Waals surface area contributed by atoms with Gasteiger partial charge in [-0.15, -0.1) is 0 Å². The van der Waals surface area contributed by atoms with Crippen LogP contribution < -0.4 is 0 Å². The van der Waals surface area contributed by atoms with Crippen LogP contribution in [0.1, 0.15) is 120 Å². The highest BCUT2D eigenvalue weighted by Gasteiger charge is 2.70. The van der Waals surface area contributed by atoms with Gasteiger partial charge >= 0.3 is 5.97 Å². The van der Waals surface area contributed by atoms with Crippen LogP contribution in [0.3, 0.4) is 0 Å². The van der Waals surface area contributed by atoms with Crippen LogP contribution in [-0.4, -0.2) is 12.1 Å². The molecule has 0 saturated heterocycles. The van der Waals surface area contributed by atoms with Gasteiger partial charge in [-0.25, -0.2) is 0 Å². The van der Waals surface area contributed by atoms with Gasteiger partial charge in [0.05, 0.1) is 0 Å². The van der Waals surface area contributed by atoms with E-state index in [2.05, 4.69) is 61.5 Å². The van der Waals surface area contributed by atoms with E-state index in [-0.39, 0.29) is 17.5 Å². The van der Waals surface area contributed by atoms with Gasteiger partial charge in [-0.1, -0.05) is 67.0 Å². The average Bonchev–Trinajstić information content (AvgIpc) is 3.08. The van der Waals surface area contributed by atoms with E-state index >= 15 is 0 Å². The second-order valence-corrected chi connectivity index (χ2v) is 15.2. The van der Waals surface area contributed by atoms with Gasteiger partial charge in [0, 0.05) is 12.3 Å². The Labute approximate surface area is 210 Å². The van der Waals surface area contributed by atoms with Crippen molar-refractivity contribution in [2.45, 2.75) is 126 Å². The Balaban J connectivity index is 1.51. The predicted octanol–water partition coefficient (Wildman–Crippen LogP) is 8.60. The van der Waals surface area contributed by atoms with Crippen LogP contribution in [0, 0.1) is 56.7 Å². The van der Waals surface area contributed by atoms with E-state index in [4.69, 9.17) is 4.74 Å². The molecule has 0 bridgehead atoms. The summed E-state index contributed by atoms with van der Waals surface area (Å²) in [4.78, 5) is 11.9. The average molecular weight is 469 g/mol. The molecule has 9 atom stereocenters.